The maximum absolute atomic E-state index is 13.7. The Bertz CT molecular complexity index is 939. The smallest absolute Gasteiger partial charge is 0.243 e. The molecule has 6 nitrogen and oxygen atoms in total. The van der Waals surface area contributed by atoms with E-state index in [4.69, 9.17) is 0 Å². The average Bonchev–Trinajstić information content (AvgIpc) is 3.20. The number of rotatable bonds is 5. The molecule has 0 saturated carbocycles. The highest BCUT2D eigenvalue weighted by Gasteiger charge is 2.23. The molecule has 1 aliphatic heterocycles. The summed E-state index contributed by atoms with van der Waals surface area (Å²) in [6.07, 6.45) is 0.904. The number of amides is 1. The average molecular weight is 547 g/mol. The van der Waals surface area contributed by atoms with Crippen LogP contribution in [0.4, 0.5) is 24.5 Å². The van der Waals surface area contributed by atoms with Gasteiger partial charge in [0.05, 0.1) is 12.2 Å². The molecular weight excluding hydrogens is 522 g/mol. The molecule has 0 spiro atoms. The van der Waals surface area contributed by atoms with Gasteiger partial charge in [-0.25, -0.2) is 13.2 Å². The predicted octanol–water partition coefficient (Wildman–Crippen LogP) is 3.41. The lowest BCUT2D eigenvalue weighted by atomic mass is 10.2. The summed E-state index contributed by atoms with van der Waals surface area (Å²) in [6.45, 7) is 3.51. The van der Waals surface area contributed by atoms with Crippen LogP contribution in [0.3, 0.4) is 0 Å². The summed E-state index contributed by atoms with van der Waals surface area (Å²) in [5.41, 5.74) is 1.94. The van der Waals surface area contributed by atoms with Gasteiger partial charge in [0, 0.05) is 31.9 Å². The molecule has 168 valence electrons. The van der Waals surface area contributed by atoms with Gasteiger partial charge in [0.15, 0.2) is 23.4 Å². The zero-order valence-electron chi connectivity index (χ0n) is 17.2. The summed E-state index contributed by atoms with van der Waals surface area (Å²) in [5.74, 6) is -4.57. The zero-order chi connectivity index (χ0) is 21.7. The van der Waals surface area contributed by atoms with Crippen LogP contribution in [0.15, 0.2) is 41.4 Å². The van der Waals surface area contributed by atoms with E-state index in [0.29, 0.717) is 5.96 Å². The number of nitrogens with one attached hydrogen (secondary N) is 3. The van der Waals surface area contributed by atoms with Gasteiger partial charge < -0.3 is 20.9 Å². The number of carbonyl (C=O) groups excluding carboxylic acids is 1. The van der Waals surface area contributed by atoms with E-state index < -0.39 is 29.0 Å². The number of benzene rings is 2. The van der Waals surface area contributed by atoms with E-state index in [1.54, 1.807) is 7.05 Å². The van der Waals surface area contributed by atoms with E-state index in [2.05, 4.69) is 50.1 Å². The topological polar surface area (TPSA) is 68.8 Å². The number of halogens is 4. The van der Waals surface area contributed by atoms with Crippen molar-refractivity contribution in [3.05, 3.63) is 59.4 Å². The lowest BCUT2D eigenvalue weighted by Gasteiger charge is -2.20. The van der Waals surface area contributed by atoms with Gasteiger partial charge in [-0.05, 0) is 37.6 Å². The molecular formula is C21H25F3IN5O. The molecule has 2 aromatic rings. The summed E-state index contributed by atoms with van der Waals surface area (Å²) >= 11 is 0. The lowest BCUT2D eigenvalue weighted by molar-refractivity contribution is -0.115. The van der Waals surface area contributed by atoms with E-state index in [1.165, 1.54) is 5.56 Å². The van der Waals surface area contributed by atoms with E-state index in [9.17, 15) is 18.0 Å². The molecule has 1 heterocycles. The van der Waals surface area contributed by atoms with Gasteiger partial charge in [-0.15, -0.1) is 24.0 Å². The first-order chi connectivity index (χ1) is 14.4. The first-order valence-electron chi connectivity index (χ1n) is 9.59. The highest BCUT2D eigenvalue weighted by atomic mass is 127. The third-order valence-electron chi connectivity index (χ3n) is 4.88. The van der Waals surface area contributed by atoms with Gasteiger partial charge in [0.2, 0.25) is 5.91 Å². The largest absolute Gasteiger partial charge is 0.369 e. The van der Waals surface area contributed by atoms with Crippen LogP contribution in [-0.4, -0.2) is 44.6 Å². The van der Waals surface area contributed by atoms with Gasteiger partial charge >= 0.3 is 0 Å². The Kier molecular flexibility index (Phi) is 8.96. The molecule has 3 N–H and O–H groups in total. The van der Waals surface area contributed by atoms with Crippen LogP contribution < -0.4 is 20.9 Å². The molecule has 31 heavy (non-hydrogen) atoms. The van der Waals surface area contributed by atoms with Crippen LogP contribution in [0.5, 0.6) is 0 Å². The Balaban J connectivity index is 0.00000341. The van der Waals surface area contributed by atoms with Crippen LogP contribution in [0.2, 0.25) is 0 Å². The Labute approximate surface area is 196 Å². The van der Waals surface area contributed by atoms with Crippen molar-refractivity contribution in [3.63, 3.8) is 0 Å². The Morgan fingerprint density at radius 2 is 1.84 bits per heavy atom. The molecule has 1 fully saturated rings. The molecule has 0 radical (unpaired) electrons. The third-order valence-corrected chi connectivity index (χ3v) is 4.88. The number of anilines is 2. The van der Waals surface area contributed by atoms with Gasteiger partial charge in [0.25, 0.3) is 0 Å². The molecule has 0 aromatic heterocycles. The summed E-state index contributed by atoms with van der Waals surface area (Å²) in [7, 11) is 1.58. The standard InChI is InChI=1S/C21H24F3N5O.HI/c1-13-3-5-15(6-4-13)29-10-9-14(12-29)27-21(25-2)26-11-18(30)28-17-8-7-16(22)19(23)20(17)24;/h3-8,14H,9-12H2,1-2H3,(H,28,30)(H2,25,26,27);1H. The fraction of sp³-hybridized carbons (Fsp3) is 0.333. The number of hydrogen-bond donors (Lipinski definition) is 3. The molecule has 0 aliphatic carbocycles. The highest BCUT2D eigenvalue weighted by Crippen LogP contribution is 2.21. The first kappa shape index (κ1) is 24.8. The van der Waals surface area contributed by atoms with E-state index in [-0.39, 0.29) is 36.6 Å². The molecule has 1 aliphatic rings. The number of nitrogens with zero attached hydrogens (tertiary/aromatic N) is 2. The minimum absolute atomic E-state index is 0. The van der Waals surface area contributed by atoms with Gasteiger partial charge in [-0.3, -0.25) is 9.79 Å². The number of hydrogen-bond acceptors (Lipinski definition) is 3. The van der Waals surface area contributed by atoms with Crippen molar-refractivity contribution in [2.45, 2.75) is 19.4 Å². The van der Waals surface area contributed by atoms with Gasteiger partial charge in [-0.1, -0.05) is 17.7 Å². The molecule has 10 heteroatoms. The Hall–Kier alpha value is -2.50. The minimum atomic E-state index is -1.63. The molecule has 0 bridgehead atoms. The fourth-order valence-corrected chi connectivity index (χ4v) is 3.24. The minimum Gasteiger partial charge on any atom is -0.369 e. The predicted molar refractivity (Wildman–Crippen MR) is 127 cm³/mol. The van der Waals surface area contributed by atoms with Crippen molar-refractivity contribution in [1.82, 2.24) is 10.6 Å². The SMILES string of the molecule is CN=C(NCC(=O)Nc1ccc(F)c(F)c1F)NC1CCN(c2ccc(C)cc2)C1.I. The number of carbonyl (C=O) groups is 1. The molecule has 1 atom stereocenters. The second kappa shape index (κ2) is 11.2. The maximum Gasteiger partial charge on any atom is 0.243 e. The summed E-state index contributed by atoms with van der Waals surface area (Å²) < 4.78 is 39.9. The van der Waals surface area contributed by atoms with Gasteiger partial charge in [-0.2, -0.15) is 0 Å². The second-order valence-electron chi connectivity index (χ2n) is 7.11. The van der Waals surface area contributed by atoms with E-state index in [1.807, 2.05) is 6.92 Å². The monoisotopic (exact) mass is 547 g/mol. The molecule has 1 amide bonds. The van der Waals surface area contributed by atoms with Crippen molar-refractivity contribution in [1.29, 1.82) is 0 Å². The number of aryl methyl sites for hydroxylation is 1. The van der Waals surface area contributed by atoms with Crippen molar-refractivity contribution >= 4 is 47.2 Å². The van der Waals surface area contributed by atoms with Crippen LogP contribution in [-0.2, 0) is 4.79 Å². The Morgan fingerprint density at radius 3 is 2.52 bits per heavy atom. The second-order valence-corrected chi connectivity index (χ2v) is 7.11. The van der Waals surface area contributed by atoms with Crippen LogP contribution in [0.25, 0.3) is 0 Å². The molecule has 1 saturated heterocycles. The van der Waals surface area contributed by atoms with Crippen LogP contribution in [0, 0.1) is 24.4 Å². The normalized spacial score (nSPS) is 16.0. The van der Waals surface area contributed by atoms with Crippen molar-refractivity contribution in [3.8, 4) is 0 Å². The van der Waals surface area contributed by atoms with Gasteiger partial charge in [0.1, 0.15) is 0 Å². The lowest BCUT2D eigenvalue weighted by Crippen LogP contribution is -2.46. The van der Waals surface area contributed by atoms with Crippen molar-refractivity contribution in [2.75, 3.05) is 36.9 Å². The number of guanidine groups is 1. The molecule has 2 aromatic carbocycles. The zero-order valence-corrected chi connectivity index (χ0v) is 19.5. The maximum atomic E-state index is 13.7. The fourth-order valence-electron chi connectivity index (χ4n) is 3.24. The quantitative estimate of drug-likeness (QED) is 0.233. The molecule has 1 unspecified atom stereocenters. The van der Waals surface area contributed by atoms with E-state index >= 15 is 0 Å². The summed E-state index contributed by atoms with van der Waals surface area (Å²) in [5, 5.41) is 8.31. The summed E-state index contributed by atoms with van der Waals surface area (Å²) in [6, 6.07) is 10.2. The molecule has 3 rings (SSSR count). The van der Waals surface area contributed by atoms with Crippen LogP contribution >= 0.6 is 24.0 Å². The van der Waals surface area contributed by atoms with Crippen molar-refractivity contribution in [2.24, 2.45) is 4.99 Å². The van der Waals surface area contributed by atoms with E-state index in [0.717, 1.165) is 37.3 Å². The third kappa shape index (κ3) is 6.49. The highest BCUT2D eigenvalue weighted by molar-refractivity contribution is 14.0. The Morgan fingerprint density at radius 1 is 1.13 bits per heavy atom. The van der Waals surface area contributed by atoms with Crippen LogP contribution in [0.1, 0.15) is 12.0 Å². The van der Waals surface area contributed by atoms with Crippen molar-refractivity contribution < 1.29 is 18.0 Å². The number of aliphatic imine (C=N–C) groups is 1. The summed E-state index contributed by atoms with van der Waals surface area (Å²) in [4.78, 5) is 18.4. The first-order valence-corrected chi connectivity index (χ1v) is 9.59.